The molecule has 0 aromatic heterocycles. The molecule has 2 aromatic rings. The summed E-state index contributed by atoms with van der Waals surface area (Å²) >= 11 is 0. The minimum absolute atomic E-state index is 0.0627. The van der Waals surface area contributed by atoms with Crippen molar-refractivity contribution in [2.75, 3.05) is 18.6 Å². The summed E-state index contributed by atoms with van der Waals surface area (Å²) in [5, 5.41) is 0. The number of anilines is 2. The maximum atomic E-state index is 13.5. The standard InChI is InChI=1S/C17H16FNO2/c1-11(20)17-14(4-3-5-16(17)21-2)19-9-8-12-6-7-13(18)10-15(12)19/h3-7,10H,8-9H2,1-2H3. The van der Waals surface area contributed by atoms with Crippen molar-refractivity contribution >= 4 is 17.2 Å². The molecule has 0 unspecified atom stereocenters. The van der Waals surface area contributed by atoms with Crippen molar-refractivity contribution in [1.82, 2.24) is 0 Å². The number of carbonyl (C=O) groups is 1. The third kappa shape index (κ3) is 2.27. The minimum atomic E-state index is -0.270. The summed E-state index contributed by atoms with van der Waals surface area (Å²) in [6.07, 6.45) is 0.837. The quantitative estimate of drug-likeness (QED) is 0.805. The number of benzene rings is 2. The van der Waals surface area contributed by atoms with Crippen LogP contribution in [0.4, 0.5) is 15.8 Å². The van der Waals surface area contributed by atoms with Gasteiger partial charge in [-0.25, -0.2) is 4.39 Å². The van der Waals surface area contributed by atoms with Crippen LogP contribution >= 0.6 is 0 Å². The van der Waals surface area contributed by atoms with Crippen molar-refractivity contribution in [3.05, 3.63) is 53.3 Å². The van der Waals surface area contributed by atoms with Crippen LogP contribution in [0.5, 0.6) is 5.75 Å². The SMILES string of the molecule is COc1cccc(N2CCc3ccc(F)cc32)c1C(C)=O. The van der Waals surface area contributed by atoms with E-state index in [4.69, 9.17) is 4.74 Å². The molecule has 1 aliphatic heterocycles. The highest BCUT2D eigenvalue weighted by Crippen LogP contribution is 2.39. The molecule has 0 saturated heterocycles. The summed E-state index contributed by atoms with van der Waals surface area (Å²) in [4.78, 5) is 14.0. The number of halogens is 1. The average molecular weight is 285 g/mol. The number of nitrogens with zero attached hydrogens (tertiary/aromatic N) is 1. The zero-order chi connectivity index (χ0) is 15.0. The van der Waals surface area contributed by atoms with E-state index in [0.29, 0.717) is 11.3 Å². The van der Waals surface area contributed by atoms with Gasteiger partial charge < -0.3 is 9.64 Å². The highest BCUT2D eigenvalue weighted by atomic mass is 19.1. The maximum Gasteiger partial charge on any atom is 0.165 e. The van der Waals surface area contributed by atoms with Gasteiger partial charge in [-0.15, -0.1) is 0 Å². The first kappa shape index (κ1) is 13.6. The minimum Gasteiger partial charge on any atom is -0.496 e. The second kappa shape index (κ2) is 5.20. The van der Waals surface area contributed by atoms with Crippen LogP contribution in [0, 0.1) is 5.82 Å². The van der Waals surface area contributed by atoms with Gasteiger partial charge in [0.05, 0.1) is 18.4 Å². The highest BCUT2D eigenvalue weighted by molar-refractivity contribution is 6.03. The van der Waals surface area contributed by atoms with E-state index in [1.54, 1.807) is 19.2 Å². The molecule has 0 spiro atoms. The summed E-state index contributed by atoms with van der Waals surface area (Å²) < 4.78 is 18.8. The van der Waals surface area contributed by atoms with Crippen LogP contribution in [0.2, 0.25) is 0 Å². The van der Waals surface area contributed by atoms with Gasteiger partial charge in [0.25, 0.3) is 0 Å². The van der Waals surface area contributed by atoms with Gasteiger partial charge in [0.1, 0.15) is 11.6 Å². The van der Waals surface area contributed by atoms with E-state index >= 15 is 0 Å². The molecule has 0 aliphatic carbocycles. The van der Waals surface area contributed by atoms with Crippen molar-refractivity contribution < 1.29 is 13.9 Å². The van der Waals surface area contributed by atoms with Crippen molar-refractivity contribution in [2.45, 2.75) is 13.3 Å². The molecule has 0 radical (unpaired) electrons. The molecule has 3 nitrogen and oxygen atoms in total. The van der Waals surface area contributed by atoms with Crippen LogP contribution in [0.15, 0.2) is 36.4 Å². The predicted octanol–water partition coefficient (Wildman–Crippen LogP) is 3.73. The van der Waals surface area contributed by atoms with E-state index in [1.165, 1.54) is 19.1 Å². The Hall–Kier alpha value is -2.36. The smallest absolute Gasteiger partial charge is 0.165 e. The Kier molecular flexibility index (Phi) is 3.37. The van der Waals surface area contributed by atoms with E-state index in [9.17, 15) is 9.18 Å². The van der Waals surface area contributed by atoms with Gasteiger partial charge in [-0.1, -0.05) is 12.1 Å². The summed E-state index contributed by atoms with van der Waals surface area (Å²) in [5.41, 5.74) is 3.22. The first-order valence-corrected chi connectivity index (χ1v) is 6.85. The van der Waals surface area contributed by atoms with Crippen LogP contribution in [0.25, 0.3) is 0 Å². The van der Waals surface area contributed by atoms with Gasteiger partial charge in [0, 0.05) is 12.2 Å². The summed E-state index contributed by atoms with van der Waals surface area (Å²) in [6, 6.07) is 10.3. The number of carbonyl (C=O) groups excluding carboxylic acids is 1. The Bertz CT molecular complexity index is 712. The molecule has 0 atom stereocenters. The fraction of sp³-hybridized carbons (Fsp3) is 0.235. The van der Waals surface area contributed by atoms with Crippen LogP contribution in [0.3, 0.4) is 0 Å². The van der Waals surface area contributed by atoms with E-state index < -0.39 is 0 Å². The Morgan fingerprint density at radius 2 is 2.05 bits per heavy atom. The van der Waals surface area contributed by atoms with Crippen molar-refractivity contribution in [1.29, 1.82) is 0 Å². The van der Waals surface area contributed by atoms with Gasteiger partial charge in [0.15, 0.2) is 5.78 Å². The zero-order valence-electron chi connectivity index (χ0n) is 12.0. The number of hydrogen-bond donors (Lipinski definition) is 0. The maximum absolute atomic E-state index is 13.5. The summed E-state index contributed by atoms with van der Waals surface area (Å²) in [5.74, 6) is 0.213. The summed E-state index contributed by atoms with van der Waals surface area (Å²) in [7, 11) is 1.54. The molecule has 2 aromatic carbocycles. The predicted molar refractivity (Wildman–Crippen MR) is 80.1 cm³/mol. The van der Waals surface area contributed by atoms with Crippen LogP contribution in [0.1, 0.15) is 22.8 Å². The number of methoxy groups -OCH3 is 1. The van der Waals surface area contributed by atoms with Crippen molar-refractivity contribution in [3.63, 3.8) is 0 Å². The van der Waals surface area contributed by atoms with Crippen molar-refractivity contribution in [3.8, 4) is 5.75 Å². The second-order valence-electron chi connectivity index (χ2n) is 5.09. The molecule has 1 aliphatic rings. The van der Waals surface area contributed by atoms with Gasteiger partial charge in [0.2, 0.25) is 0 Å². The zero-order valence-corrected chi connectivity index (χ0v) is 12.0. The molecular weight excluding hydrogens is 269 g/mol. The number of ketones is 1. The first-order chi connectivity index (χ1) is 10.1. The number of ether oxygens (including phenoxy) is 1. The summed E-state index contributed by atoms with van der Waals surface area (Å²) in [6.45, 7) is 2.25. The number of hydrogen-bond acceptors (Lipinski definition) is 3. The van der Waals surface area contributed by atoms with E-state index in [1.807, 2.05) is 17.0 Å². The lowest BCUT2D eigenvalue weighted by atomic mass is 10.1. The van der Waals surface area contributed by atoms with Crippen LogP contribution in [-0.4, -0.2) is 19.4 Å². The van der Waals surface area contributed by atoms with Crippen LogP contribution in [-0.2, 0) is 6.42 Å². The first-order valence-electron chi connectivity index (χ1n) is 6.85. The Morgan fingerprint density at radius 1 is 1.24 bits per heavy atom. The van der Waals surface area contributed by atoms with Gasteiger partial charge in [-0.2, -0.15) is 0 Å². The molecule has 0 saturated carbocycles. The third-order valence-corrected chi connectivity index (χ3v) is 3.81. The van der Waals surface area contributed by atoms with Crippen LogP contribution < -0.4 is 9.64 Å². The molecule has 108 valence electrons. The number of Topliss-reactive ketones (excluding diaryl/α,β-unsaturated/α-hetero) is 1. The molecule has 0 fully saturated rings. The number of fused-ring (bicyclic) bond motifs is 1. The molecule has 0 bridgehead atoms. The van der Waals surface area contributed by atoms with Gasteiger partial charge in [-0.05, 0) is 43.2 Å². The van der Waals surface area contributed by atoms with E-state index in [0.717, 1.165) is 29.9 Å². The molecule has 1 heterocycles. The molecule has 3 rings (SSSR count). The fourth-order valence-electron chi connectivity index (χ4n) is 2.87. The lowest BCUT2D eigenvalue weighted by molar-refractivity contribution is 0.101. The lowest BCUT2D eigenvalue weighted by Gasteiger charge is -2.23. The second-order valence-corrected chi connectivity index (χ2v) is 5.09. The third-order valence-electron chi connectivity index (χ3n) is 3.81. The molecule has 0 amide bonds. The monoisotopic (exact) mass is 285 g/mol. The average Bonchev–Trinajstić information content (AvgIpc) is 2.89. The largest absolute Gasteiger partial charge is 0.496 e. The topological polar surface area (TPSA) is 29.5 Å². The molecular formula is C17H16FNO2. The molecule has 0 N–H and O–H groups in total. The Balaban J connectivity index is 2.16. The normalized spacial score (nSPS) is 13.2. The van der Waals surface area contributed by atoms with E-state index in [2.05, 4.69) is 0 Å². The fourth-order valence-corrected chi connectivity index (χ4v) is 2.87. The van der Waals surface area contributed by atoms with Crippen molar-refractivity contribution in [2.24, 2.45) is 0 Å². The van der Waals surface area contributed by atoms with Gasteiger partial charge >= 0.3 is 0 Å². The lowest BCUT2D eigenvalue weighted by Crippen LogP contribution is -2.17. The highest BCUT2D eigenvalue weighted by Gasteiger charge is 2.25. The Morgan fingerprint density at radius 3 is 2.76 bits per heavy atom. The number of rotatable bonds is 3. The Labute approximate surface area is 123 Å². The molecule has 21 heavy (non-hydrogen) atoms. The van der Waals surface area contributed by atoms with Gasteiger partial charge in [-0.3, -0.25) is 4.79 Å². The molecule has 4 heteroatoms. The van der Waals surface area contributed by atoms with E-state index in [-0.39, 0.29) is 11.6 Å².